The van der Waals surface area contributed by atoms with Gasteiger partial charge < -0.3 is 15.5 Å². The summed E-state index contributed by atoms with van der Waals surface area (Å²) < 4.78 is 0. The van der Waals surface area contributed by atoms with E-state index in [1.807, 2.05) is 6.07 Å². The van der Waals surface area contributed by atoms with E-state index < -0.39 is 0 Å². The van der Waals surface area contributed by atoms with Gasteiger partial charge in [0.05, 0.1) is 5.56 Å². The Morgan fingerprint density at radius 1 is 1.37 bits per heavy atom. The summed E-state index contributed by atoms with van der Waals surface area (Å²) in [5, 5.41) is 6.73. The molecule has 5 nitrogen and oxygen atoms in total. The van der Waals surface area contributed by atoms with Crippen molar-refractivity contribution in [2.45, 2.75) is 25.3 Å². The van der Waals surface area contributed by atoms with Gasteiger partial charge >= 0.3 is 0 Å². The number of nitrogens with one attached hydrogen (secondary N) is 2. The average molecular weight is 262 g/mol. The Kier molecular flexibility index (Phi) is 4.74. The third-order valence-corrected chi connectivity index (χ3v) is 3.09. The van der Waals surface area contributed by atoms with Crippen LogP contribution in [-0.2, 0) is 0 Å². The largest absolute Gasteiger partial charge is 0.370 e. The van der Waals surface area contributed by atoms with Crippen LogP contribution in [0.5, 0.6) is 0 Å². The number of anilines is 1. The summed E-state index contributed by atoms with van der Waals surface area (Å²) in [6, 6.07) is 4.43. The minimum absolute atomic E-state index is 0.0207. The summed E-state index contributed by atoms with van der Waals surface area (Å²) in [5.74, 6) is 0.800. The molecule has 1 aromatic heterocycles. The Labute approximate surface area is 114 Å². The summed E-state index contributed by atoms with van der Waals surface area (Å²) in [7, 11) is 3.47. The molecule has 1 saturated carbocycles. The molecule has 19 heavy (non-hydrogen) atoms. The van der Waals surface area contributed by atoms with Gasteiger partial charge in [-0.05, 0) is 37.9 Å². The van der Waals surface area contributed by atoms with E-state index in [9.17, 15) is 4.79 Å². The number of aromatic nitrogens is 1. The molecule has 1 aliphatic carbocycles. The molecule has 1 amide bonds. The topological polar surface area (TPSA) is 57.3 Å². The molecule has 0 saturated heterocycles. The van der Waals surface area contributed by atoms with Crippen molar-refractivity contribution >= 4 is 11.7 Å². The molecule has 2 rings (SSSR count). The molecular formula is C14H22N4O. The van der Waals surface area contributed by atoms with Crippen LogP contribution in [-0.4, -0.2) is 49.0 Å². The van der Waals surface area contributed by atoms with Crippen LogP contribution in [0, 0.1) is 0 Å². The summed E-state index contributed by atoms with van der Waals surface area (Å²) in [4.78, 5) is 17.5. The molecule has 1 fully saturated rings. The van der Waals surface area contributed by atoms with Crippen molar-refractivity contribution in [3.8, 4) is 0 Å². The number of amides is 1. The Morgan fingerprint density at radius 3 is 2.74 bits per heavy atom. The molecule has 0 aliphatic heterocycles. The Hall–Kier alpha value is -1.62. The van der Waals surface area contributed by atoms with Gasteiger partial charge in [-0.2, -0.15) is 0 Å². The maximum Gasteiger partial charge on any atom is 0.254 e. The second-order valence-electron chi connectivity index (χ2n) is 5.14. The summed E-state index contributed by atoms with van der Waals surface area (Å²) >= 11 is 0. The first kappa shape index (κ1) is 13.8. The molecule has 1 aromatic rings. The van der Waals surface area contributed by atoms with Gasteiger partial charge in [-0.25, -0.2) is 4.98 Å². The minimum atomic E-state index is -0.0207. The van der Waals surface area contributed by atoms with Crippen LogP contribution in [0.3, 0.4) is 0 Å². The van der Waals surface area contributed by atoms with Crippen molar-refractivity contribution < 1.29 is 4.79 Å². The SMILES string of the molecule is CN(C)C(=O)c1ccc(NCCCNC2CC2)nc1. The fourth-order valence-corrected chi connectivity index (χ4v) is 1.78. The second kappa shape index (κ2) is 6.52. The molecule has 2 N–H and O–H groups in total. The third-order valence-electron chi connectivity index (χ3n) is 3.09. The minimum Gasteiger partial charge on any atom is -0.370 e. The van der Waals surface area contributed by atoms with Gasteiger partial charge in [0.15, 0.2) is 0 Å². The number of hydrogen-bond acceptors (Lipinski definition) is 4. The van der Waals surface area contributed by atoms with E-state index >= 15 is 0 Å². The number of rotatable bonds is 7. The van der Waals surface area contributed by atoms with Gasteiger partial charge in [-0.3, -0.25) is 4.79 Å². The van der Waals surface area contributed by atoms with Crippen LogP contribution < -0.4 is 10.6 Å². The maximum absolute atomic E-state index is 11.7. The predicted octanol–water partition coefficient (Wildman–Crippen LogP) is 1.34. The fourth-order valence-electron chi connectivity index (χ4n) is 1.78. The number of hydrogen-bond donors (Lipinski definition) is 2. The van der Waals surface area contributed by atoms with Crippen molar-refractivity contribution in [3.05, 3.63) is 23.9 Å². The molecule has 0 unspecified atom stereocenters. The molecule has 0 aromatic carbocycles. The van der Waals surface area contributed by atoms with Crippen LogP contribution in [0.2, 0.25) is 0 Å². The van der Waals surface area contributed by atoms with Crippen LogP contribution >= 0.6 is 0 Å². The first-order valence-electron chi connectivity index (χ1n) is 6.82. The van der Waals surface area contributed by atoms with Crippen LogP contribution in [0.25, 0.3) is 0 Å². The highest BCUT2D eigenvalue weighted by atomic mass is 16.2. The predicted molar refractivity (Wildman–Crippen MR) is 76.4 cm³/mol. The zero-order chi connectivity index (χ0) is 13.7. The lowest BCUT2D eigenvalue weighted by molar-refractivity contribution is 0.0827. The van der Waals surface area contributed by atoms with Gasteiger partial charge in [0.1, 0.15) is 5.82 Å². The van der Waals surface area contributed by atoms with Gasteiger partial charge in [0.25, 0.3) is 5.91 Å². The van der Waals surface area contributed by atoms with Crippen molar-refractivity contribution in [1.82, 2.24) is 15.2 Å². The van der Waals surface area contributed by atoms with E-state index in [1.165, 1.54) is 12.8 Å². The van der Waals surface area contributed by atoms with Crippen LogP contribution in [0.15, 0.2) is 18.3 Å². The molecule has 0 atom stereocenters. The highest BCUT2D eigenvalue weighted by Gasteiger charge is 2.19. The third kappa shape index (κ3) is 4.52. The van der Waals surface area contributed by atoms with E-state index in [1.54, 1.807) is 31.3 Å². The number of pyridine rings is 1. The fraction of sp³-hybridized carbons (Fsp3) is 0.571. The number of nitrogens with zero attached hydrogens (tertiary/aromatic N) is 2. The van der Waals surface area contributed by atoms with Gasteiger partial charge in [0, 0.05) is 32.9 Å². The quantitative estimate of drug-likeness (QED) is 0.728. The smallest absolute Gasteiger partial charge is 0.254 e. The van der Waals surface area contributed by atoms with Crippen molar-refractivity contribution in [2.75, 3.05) is 32.5 Å². The zero-order valence-electron chi connectivity index (χ0n) is 11.6. The monoisotopic (exact) mass is 262 g/mol. The van der Waals surface area contributed by atoms with E-state index in [0.29, 0.717) is 5.56 Å². The van der Waals surface area contributed by atoms with Crippen LogP contribution in [0.1, 0.15) is 29.6 Å². The standard InChI is InChI=1S/C14H22N4O/c1-18(2)14(19)11-4-7-13(17-10-11)16-9-3-8-15-12-5-6-12/h4,7,10,12,15H,3,5-6,8-9H2,1-2H3,(H,16,17). The summed E-state index contributed by atoms with van der Waals surface area (Å²) in [6.45, 7) is 1.95. The lowest BCUT2D eigenvalue weighted by atomic mass is 10.2. The molecule has 5 heteroatoms. The molecule has 1 aliphatic rings. The average Bonchev–Trinajstić information content (AvgIpc) is 3.22. The van der Waals surface area contributed by atoms with E-state index in [2.05, 4.69) is 15.6 Å². The first-order chi connectivity index (χ1) is 9.16. The molecule has 0 radical (unpaired) electrons. The molecular weight excluding hydrogens is 240 g/mol. The lowest BCUT2D eigenvalue weighted by Gasteiger charge is -2.10. The lowest BCUT2D eigenvalue weighted by Crippen LogP contribution is -2.22. The van der Waals surface area contributed by atoms with E-state index in [0.717, 1.165) is 31.4 Å². The Balaban J connectivity index is 1.70. The van der Waals surface area contributed by atoms with Gasteiger partial charge in [-0.15, -0.1) is 0 Å². The highest BCUT2D eigenvalue weighted by molar-refractivity contribution is 5.93. The molecule has 104 valence electrons. The van der Waals surface area contributed by atoms with Crippen LogP contribution in [0.4, 0.5) is 5.82 Å². The molecule has 0 spiro atoms. The van der Waals surface area contributed by atoms with Crippen molar-refractivity contribution in [1.29, 1.82) is 0 Å². The highest BCUT2D eigenvalue weighted by Crippen LogP contribution is 2.18. The van der Waals surface area contributed by atoms with Gasteiger partial charge in [-0.1, -0.05) is 0 Å². The molecule has 1 heterocycles. The summed E-state index contributed by atoms with van der Waals surface area (Å²) in [5.41, 5.74) is 0.617. The zero-order valence-corrected chi connectivity index (χ0v) is 11.6. The van der Waals surface area contributed by atoms with Crippen molar-refractivity contribution in [3.63, 3.8) is 0 Å². The van der Waals surface area contributed by atoms with Gasteiger partial charge in [0.2, 0.25) is 0 Å². The Morgan fingerprint density at radius 2 is 2.16 bits per heavy atom. The second-order valence-corrected chi connectivity index (χ2v) is 5.14. The van der Waals surface area contributed by atoms with E-state index in [-0.39, 0.29) is 5.91 Å². The summed E-state index contributed by atoms with van der Waals surface area (Å²) in [6.07, 6.45) is 5.36. The maximum atomic E-state index is 11.7. The first-order valence-corrected chi connectivity index (χ1v) is 6.82. The normalized spacial score (nSPS) is 14.2. The molecule has 0 bridgehead atoms. The van der Waals surface area contributed by atoms with Crippen molar-refractivity contribution in [2.24, 2.45) is 0 Å². The van der Waals surface area contributed by atoms with E-state index in [4.69, 9.17) is 0 Å². The number of carbonyl (C=O) groups is 1. The Bertz CT molecular complexity index is 412. The number of carbonyl (C=O) groups excluding carboxylic acids is 1.